The summed E-state index contributed by atoms with van der Waals surface area (Å²) in [6.45, 7) is 4.30. The summed E-state index contributed by atoms with van der Waals surface area (Å²) in [5.41, 5.74) is 1.85. The minimum atomic E-state index is -0.342. The average Bonchev–Trinajstić information content (AvgIpc) is 2.56. The summed E-state index contributed by atoms with van der Waals surface area (Å²) in [5.74, 6) is -0.374. The van der Waals surface area contributed by atoms with Crippen molar-refractivity contribution in [2.75, 3.05) is 26.2 Å². The minimum Gasteiger partial charge on any atom is -0.328 e. The molecule has 0 radical (unpaired) electrons. The van der Waals surface area contributed by atoms with Gasteiger partial charge in [0.1, 0.15) is 12.4 Å². The maximum absolute atomic E-state index is 13.2. The molecule has 0 aliphatic carbocycles. The third-order valence-corrected chi connectivity index (χ3v) is 4.87. The number of rotatable bonds is 3. The summed E-state index contributed by atoms with van der Waals surface area (Å²) in [6, 6.07) is 14.6. The monoisotopic (exact) mass is 377 g/mol. The van der Waals surface area contributed by atoms with Crippen molar-refractivity contribution in [1.82, 2.24) is 4.90 Å². The van der Waals surface area contributed by atoms with E-state index in [1.165, 1.54) is 22.6 Å². The van der Waals surface area contributed by atoms with Crippen molar-refractivity contribution < 1.29 is 14.1 Å². The van der Waals surface area contributed by atoms with Crippen LogP contribution in [-0.2, 0) is 6.54 Å². The fourth-order valence-electron chi connectivity index (χ4n) is 2.92. The molecule has 1 aliphatic heterocycles. The van der Waals surface area contributed by atoms with Crippen LogP contribution in [0.15, 0.2) is 53.0 Å². The van der Waals surface area contributed by atoms with E-state index in [0.717, 1.165) is 32.7 Å². The van der Waals surface area contributed by atoms with Crippen molar-refractivity contribution >= 4 is 21.8 Å². The summed E-state index contributed by atoms with van der Waals surface area (Å²) in [7, 11) is 0. The highest BCUT2D eigenvalue weighted by Gasteiger charge is 2.25. The summed E-state index contributed by atoms with van der Waals surface area (Å²) >= 11 is 3.28. The Kier molecular flexibility index (Phi) is 5.08. The molecule has 0 saturated carbocycles. The average molecular weight is 378 g/mol. The molecule has 1 aliphatic rings. The minimum absolute atomic E-state index is 0.0318. The number of amides is 1. The van der Waals surface area contributed by atoms with Gasteiger partial charge in [-0.05, 0) is 34.1 Å². The molecular formula is C18H19BrFN2O+. The molecule has 1 amide bonds. The van der Waals surface area contributed by atoms with Crippen LogP contribution in [-0.4, -0.2) is 37.0 Å². The molecule has 1 heterocycles. The quantitative estimate of drug-likeness (QED) is 0.870. The van der Waals surface area contributed by atoms with Gasteiger partial charge in [0.15, 0.2) is 0 Å². The Balaban J connectivity index is 1.59. The Bertz CT molecular complexity index is 685. The smallest absolute Gasteiger partial charge is 0.255 e. The summed E-state index contributed by atoms with van der Waals surface area (Å²) in [6.07, 6.45) is 0. The van der Waals surface area contributed by atoms with Gasteiger partial charge in [-0.1, -0.05) is 30.3 Å². The SMILES string of the molecule is O=C(c1ccc(F)cc1Br)N1CC[NH+](Cc2ccccc2)CC1. The molecular weight excluding hydrogens is 359 g/mol. The fraction of sp³-hybridized carbons (Fsp3) is 0.278. The highest BCUT2D eigenvalue weighted by molar-refractivity contribution is 9.10. The first-order valence-corrected chi connectivity index (χ1v) is 8.54. The predicted molar refractivity (Wildman–Crippen MR) is 90.8 cm³/mol. The molecule has 0 bridgehead atoms. The Labute approximate surface area is 143 Å². The topological polar surface area (TPSA) is 24.8 Å². The molecule has 0 aromatic heterocycles. The molecule has 1 fully saturated rings. The maximum Gasteiger partial charge on any atom is 0.255 e. The Morgan fingerprint density at radius 1 is 1.13 bits per heavy atom. The lowest BCUT2D eigenvalue weighted by molar-refractivity contribution is -0.917. The van der Waals surface area contributed by atoms with Crippen LogP contribution in [0.4, 0.5) is 4.39 Å². The normalized spacial score (nSPS) is 15.7. The van der Waals surface area contributed by atoms with Crippen LogP contribution in [0.1, 0.15) is 15.9 Å². The summed E-state index contributed by atoms with van der Waals surface area (Å²) < 4.78 is 13.7. The van der Waals surface area contributed by atoms with Crippen LogP contribution in [0.25, 0.3) is 0 Å². The first-order valence-electron chi connectivity index (χ1n) is 7.75. The van der Waals surface area contributed by atoms with Crippen LogP contribution >= 0.6 is 15.9 Å². The molecule has 120 valence electrons. The van der Waals surface area contributed by atoms with E-state index in [2.05, 4.69) is 40.2 Å². The lowest BCUT2D eigenvalue weighted by Crippen LogP contribution is -3.13. The van der Waals surface area contributed by atoms with Gasteiger partial charge >= 0.3 is 0 Å². The van der Waals surface area contributed by atoms with Crippen LogP contribution in [0.2, 0.25) is 0 Å². The van der Waals surface area contributed by atoms with Crippen molar-refractivity contribution in [2.45, 2.75) is 6.54 Å². The molecule has 23 heavy (non-hydrogen) atoms. The fourth-order valence-corrected chi connectivity index (χ4v) is 3.44. The van der Waals surface area contributed by atoms with E-state index in [1.807, 2.05) is 11.0 Å². The molecule has 0 unspecified atom stereocenters. The maximum atomic E-state index is 13.2. The Hall–Kier alpha value is -1.72. The molecule has 2 aromatic carbocycles. The van der Waals surface area contributed by atoms with E-state index >= 15 is 0 Å². The van der Waals surface area contributed by atoms with E-state index in [9.17, 15) is 9.18 Å². The number of carbonyl (C=O) groups excluding carboxylic acids is 1. The van der Waals surface area contributed by atoms with Gasteiger partial charge in [-0.3, -0.25) is 4.79 Å². The first kappa shape index (κ1) is 16.1. The number of benzene rings is 2. The molecule has 3 nitrogen and oxygen atoms in total. The number of piperazine rings is 1. The van der Waals surface area contributed by atoms with Gasteiger partial charge in [0.25, 0.3) is 5.91 Å². The first-order chi connectivity index (χ1) is 11.1. The zero-order chi connectivity index (χ0) is 16.2. The number of quaternary nitrogens is 1. The van der Waals surface area contributed by atoms with Gasteiger partial charge in [-0.2, -0.15) is 0 Å². The molecule has 3 rings (SSSR count). The molecule has 2 aromatic rings. The van der Waals surface area contributed by atoms with Gasteiger partial charge in [-0.25, -0.2) is 4.39 Å². The zero-order valence-corrected chi connectivity index (χ0v) is 14.4. The lowest BCUT2D eigenvalue weighted by Gasteiger charge is -2.32. The molecule has 1 N–H and O–H groups in total. The van der Waals surface area contributed by atoms with E-state index in [1.54, 1.807) is 6.07 Å². The number of halogens is 2. The molecule has 0 spiro atoms. The van der Waals surface area contributed by atoms with Crippen molar-refractivity contribution in [3.63, 3.8) is 0 Å². The highest BCUT2D eigenvalue weighted by Crippen LogP contribution is 2.19. The van der Waals surface area contributed by atoms with Gasteiger partial charge < -0.3 is 9.80 Å². The van der Waals surface area contributed by atoms with E-state index in [0.29, 0.717) is 10.0 Å². The van der Waals surface area contributed by atoms with Gasteiger partial charge in [-0.15, -0.1) is 0 Å². The van der Waals surface area contributed by atoms with Crippen LogP contribution in [0.5, 0.6) is 0 Å². The number of hydrogen-bond acceptors (Lipinski definition) is 1. The molecule has 0 atom stereocenters. The summed E-state index contributed by atoms with van der Waals surface area (Å²) in [4.78, 5) is 15.9. The lowest BCUT2D eigenvalue weighted by atomic mass is 10.1. The number of carbonyl (C=O) groups is 1. The van der Waals surface area contributed by atoms with Crippen molar-refractivity contribution in [2.24, 2.45) is 0 Å². The van der Waals surface area contributed by atoms with Crippen LogP contribution in [0, 0.1) is 5.82 Å². The van der Waals surface area contributed by atoms with Crippen molar-refractivity contribution in [3.05, 3.63) is 69.9 Å². The third-order valence-electron chi connectivity index (χ3n) is 4.22. The van der Waals surface area contributed by atoms with E-state index < -0.39 is 0 Å². The van der Waals surface area contributed by atoms with Crippen molar-refractivity contribution in [3.8, 4) is 0 Å². The van der Waals surface area contributed by atoms with E-state index in [4.69, 9.17) is 0 Å². The van der Waals surface area contributed by atoms with Gasteiger partial charge in [0.05, 0.1) is 31.7 Å². The van der Waals surface area contributed by atoms with Crippen molar-refractivity contribution in [1.29, 1.82) is 0 Å². The predicted octanol–water partition coefficient (Wildman–Crippen LogP) is 2.13. The second-order valence-electron chi connectivity index (χ2n) is 5.83. The van der Waals surface area contributed by atoms with Gasteiger partial charge in [0.2, 0.25) is 0 Å². The molecule has 5 heteroatoms. The van der Waals surface area contributed by atoms with Gasteiger partial charge in [0, 0.05) is 10.0 Å². The van der Waals surface area contributed by atoms with E-state index in [-0.39, 0.29) is 11.7 Å². The molecule has 1 saturated heterocycles. The Morgan fingerprint density at radius 2 is 1.83 bits per heavy atom. The number of nitrogens with zero attached hydrogens (tertiary/aromatic N) is 1. The largest absolute Gasteiger partial charge is 0.328 e. The standard InChI is InChI=1S/C18H18BrFN2O/c19-17-12-15(20)6-7-16(17)18(23)22-10-8-21(9-11-22)13-14-4-2-1-3-5-14/h1-7,12H,8-11,13H2/p+1. The summed E-state index contributed by atoms with van der Waals surface area (Å²) in [5, 5.41) is 0. The highest BCUT2D eigenvalue weighted by atomic mass is 79.9. The van der Waals surface area contributed by atoms with Crippen LogP contribution < -0.4 is 4.90 Å². The number of hydrogen-bond donors (Lipinski definition) is 1. The third kappa shape index (κ3) is 3.98. The second kappa shape index (κ2) is 7.23. The second-order valence-corrected chi connectivity index (χ2v) is 6.68. The Morgan fingerprint density at radius 3 is 2.48 bits per heavy atom. The number of nitrogens with one attached hydrogen (secondary N) is 1. The van der Waals surface area contributed by atoms with Crippen LogP contribution in [0.3, 0.4) is 0 Å². The zero-order valence-electron chi connectivity index (χ0n) is 12.8.